The van der Waals surface area contributed by atoms with Gasteiger partial charge in [-0.3, -0.25) is 14.4 Å². The van der Waals surface area contributed by atoms with Crippen LogP contribution in [0.15, 0.2) is 30.3 Å². The van der Waals surface area contributed by atoms with Crippen molar-refractivity contribution in [2.24, 2.45) is 0 Å². The number of fused-ring (bicyclic) bond motifs is 2. The molecular weight excluding hydrogens is 499 g/mol. The first-order valence-corrected chi connectivity index (χ1v) is 12.2. The van der Waals surface area contributed by atoms with Gasteiger partial charge in [0.25, 0.3) is 0 Å². The maximum atomic E-state index is 13.1. The Morgan fingerprint density at radius 2 is 2.03 bits per heavy atom. The van der Waals surface area contributed by atoms with Crippen LogP contribution < -0.4 is 10.6 Å². The molecule has 1 aliphatic carbocycles. The van der Waals surface area contributed by atoms with Gasteiger partial charge in [0.05, 0.1) is 40.4 Å². The summed E-state index contributed by atoms with van der Waals surface area (Å²) in [4.78, 5) is 42.1. The number of hydrogen-bond acceptors (Lipinski definition) is 5. The molecule has 0 fully saturated rings. The summed E-state index contributed by atoms with van der Waals surface area (Å²) in [6.07, 6.45) is 0.660. The number of amides is 3. The lowest BCUT2D eigenvalue weighted by molar-refractivity contribution is -0.138. The number of carbonyl (C=O) groups is 3. The molecule has 0 radical (unpaired) electrons. The van der Waals surface area contributed by atoms with Crippen molar-refractivity contribution in [2.75, 3.05) is 13.7 Å². The van der Waals surface area contributed by atoms with Crippen LogP contribution in [0.5, 0.6) is 0 Å². The zero-order valence-corrected chi connectivity index (χ0v) is 20.9. The van der Waals surface area contributed by atoms with Crippen LogP contribution in [0.25, 0.3) is 10.2 Å². The number of nitrogens with zero attached hydrogens (tertiary/aromatic N) is 1. The predicted molar refractivity (Wildman–Crippen MR) is 132 cm³/mol. The van der Waals surface area contributed by atoms with Gasteiger partial charge in [0.15, 0.2) is 0 Å². The van der Waals surface area contributed by atoms with Crippen LogP contribution in [0.1, 0.15) is 29.8 Å². The van der Waals surface area contributed by atoms with Gasteiger partial charge in [-0.05, 0) is 23.6 Å². The number of hydrogen-bond donors (Lipinski definition) is 4. The Bertz CT molecular complexity index is 1260. The highest BCUT2D eigenvalue weighted by Crippen LogP contribution is 2.39. The first kappa shape index (κ1) is 24.5. The second-order valence-electron chi connectivity index (χ2n) is 8.31. The Morgan fingerprint density at radius 3 is 2.71 bits per heavy atom. The monoisotopic (exact) mass is 522 g/mol. The van der Waals surface area contributed by atoms with Crippen molar-refractivity contribution in [2.45, 2.75) is 37.9 Å². The summed E-state index contributed by atoms with van der Waals surface area (Å²) in [7, 11) is 1.61. The maximum absolute atomic E-state index is 13.1. The molecule has 3 atom stereocenters. The number of aromatic nitrogens is 1. The summed E-state index contributed by atoms with van der Waals surface area (Å²) in [5.41, 5.74) is 3.37. The molecule has 1 aliphatic rings. The molecule has 2 aromatic heterocycles. The van der Waals surface area contributed by atoms with E-state index in [1.54, 1.807) is 7.05 Å². The van der Waals surface area contributed by atoms with Crippen molar-refractivity contribution in [3.8, 4) is 0 Å². The summed E-state index contributed by atoms with van der Waals surface area (Å²) >= 11 is 13.6. The number of H-pyrrole nitrogens is 1. The van der Waals surface area contributed by atoms with Crippen molar-refractivity contribution in [1.82, 2.24) is 20.5 Å². The first-order valence-electron chi connectivity index (χ1n) is 10.7. The van der Waals surface area contributed by atoms with Crippen LogP contribution in [0.3, 0.4) is 0 Å². The SMILES string of the molecule is CC(=O)N[C@@H](CO)C(=O)N(C)[C@@H]1c2ccccc2C[C@H]1NC(=O)Cc1cc2sc(Cl)c(Cl)c2[nH]1. The van der Waals surface area contributed by atoms with E-state index in [0.717, 1.165) is 15.8 Å². The minimum Gasteiger partial charge on any atom is -0.394 e. The Labute approximate surface area is 210 Å². The molecule has 1 aromatic carbocycles. The third kappa shape index (κ3) is 4.79. The molecule has 0 spiro atoms. The molecule has 4 N–H and O–H groups in total. The van der Waals surface area contributed by atoms with Crippen LogP contribution in [0.2, 0.25) is 9.36 Å². The quantitative estimate of drug-likeness (QED) is 0.381. The number of carbonyl (C=O) groups excluding carboxylic acids is 3. The summed E-state index contributed by atoms with van der Waals surface area (Å²) in [6, 6.07) is 7.66. The number of aliphatic hydroxyl groups is 1. The number of benzene rings is 1. The minimum absolute atomic E-state index is 0.109. The molecule has 0 aliphatic heterocycles. The van der Waals surface area contributed by atoms with Crippen LogP contribution in [-0.2, 0) is 27.2 Å². The normalized spacial score (nSPS) is 17.9. The second-order valence-corrected chi connectivity index (χ2v) is 10.3. The lowest BCUT2D eigenvalue weighted by Crippen LogP contribution is -2.53. The fourth-order valence-corrected chi connectivity index (χ4v) is 6.00. The molecule has 180 valence electrons. The summed E-state index contributed by atoms with van der Waals surface area (Å²) in [5, 5.41) is 15.6. The molecule has 0 unspecified atom stereocenters. The molecule has 4 rings (SSSR count). The largest absolute Gasteiger partial charge is 0.394 e. The number of aromatic amines is 1. The number of likely N-dealkylation sites (N-methyl/N-ethyl adjacent to an activating group) is 1. The topological polar surface area (TPSA) is 115 Å². The predicted octanol–water partition coefficient (Wildman–Crippen LogP) is 2.82. The van der Waals surface area contributed by atoms with Crippen molar-refractivity contribution < 1.29 is 19.5 Å². The van der Waals surface area contributed by atoms with E-state index in [2.05, 4.69) is 15.6 Å². The maximum Gasteiger partial charge on any atom is 0.247 e. The van der Waals surface area contributed by atoms with Crippen LogP contribution in [0, 0.1) is 0 Å². The van der Waals surface area contributed by atoms with Crippen molar-refractivity contribution in [3.05, 3.63) is 56.5 Å². The standard InChI is InChI=1S/C23H24Cl2N4O4S/c1-11(31)26-16(10-30)23(33)29(2)21-14-6-4-3-5-12(14)7-15(21)28-18(32)9-13-8-17-20(27-13)19(24)22(25)34-17/h3-6,8,15-16,21,27,30H,7,9-10H2,1-2H3,(H,26,31)(H,28,32)/t15-,16+,21-/m1/s1. The highest BCUT2D eigenvalue weighted by molar-refractivity contribution is 7.23. The van der Waals surface area contributed by atoms with E-state index in [9.17, 15) is 19.5 Å². The Balaban J connectivity index is 1.52. The van der Waals surface area contributed by atoms with E-state index in [1.165, 1.54) is 23.2 Å². The molecule has 0 bridgehead atoms. The van der Waals surface area contributed by atoms with E-state index >= 15 is 0 Å². The zero-order chi connectivity index (χ0) is 24.6. The van der Waals surface area contributed by atoms with E-state index in [0.29, 0.717) is 27.0 Å². The average molecular weight is 523 g/mol. The number of aliphatic hydroxyl groups excluding tert-OH is 1. The van der Waals surface area contributed by atoms with Gasteiger partial charge in [-0.15, -0.1) is 11.3 Å². The fourth-order valence-electron chi connectivity index (χ4n) is 4.49. The summed E-state index contributed by atoms with van der Waals surface area (Å²) < 4.78 is 1.38. The van der Waals surface area contributed by atoms with Gasteiger partial charge in [0.2, 0.25) is 17.7 Å². The van der Waals surface area contributed by atoms with E-state index in [4.69, 9.17) is 23.2 Å². The summed E-state index contributed by atoms with van der Waals surface area (Å²) in [5.74, 6) is -1.06. The lowest BCUT2D eigenvalue weighted by atomic mass is 10.0. The van der Waals surface area contributed by atoms with Crippen LogP contribution in [-0.4, -0.2) is 58.5 Å². The molecule has 0 saturated heterocycles. The molecular formula is C23H24Cl2N4O4S. The number of rotatable bonds is 7. The fraction of sp³-hybridized carbons (Fsp3) is 0.348. The number of thiophene rings is 1. The van der Waals surface area contributed by atoms with Gasteiger partial charge in [-0.2, -0.15) is 0 Å². The first-order chi connectivity index (χ1) is 16.2. The molecule has 8 nitrogen and oxygen atoms in total. The van der Waals surface area contributed by atoms with Gasteiger partial charge in [-0.25, -0.2) is 0 Å². The molecule has 34 heavy (non-hydrogen) atoms. The van der Waals surface area contributed by atoms with E-state index < -0.39 is 30.5 Å². The zero-order valence-electron chi connectivity index (χ0n) is 18.5. The van der Waals surface area contributed by atoms with Crippen molar-refractivity contribution >= 4 is 62.5 Å². The lowest BCUT2D eigenvalue weighted by Gasteiger charge is -2.33. The highest BCUT2D eigenvalue weighted by Gasteiger charge is 2.39. The molecule has 0 saturated carbocycles. The third-order valence-electron chi connectivity index (χ3n) is 5.94. The number of halogens is 2. The van der Waals surface area contributed by atoms with Crippen molar-refractivity contribution in [1.29, 1.82) is 0 Å². The highest BCUT2D eigenvalue weighted by atomic mass is 35.5. The molecule has 3 amide bonds. The van der Waals surface area contributed by atoms with Gasteiger partial charge in [0, 0.05) is 19.7 Å². The Hall–Kier alpha value is -2.59. The third-order valence-corrected chi connectivity index (χ3v) is 7.88. The van der Waals surface area contributed by atoms with Gasteiger partial charge < -0.3 is 25.6 Å². The minimum atomic E-state index is -1.06. The van der Waals surface area contributed by atoms with Gasteiger partial charge in [0.1, 0.15) is 10.4 Å². The smallest absolute Gasteiger partial charge is 0.247 e. The molecule has 11 heteroatoms. The van der Waals surface area contributed by atoms with E-state index in [1.807, 2.05) is 30.3 Å². The van der Waals surface area contributed by atoms with Gasteiger partial charge >= 0.3 is 0 Å². The van der Waals surface area contributed by atoms with Crippen LogP contribution >= 0.6 is 34.5 Å². The summed E-state index contributed by atoms with van der Waals surface area (Å²) in [6.45, 7) is 0.764. The van der Waals surface area contributed by atoms with Gasteiger partial charge in [-0.1, -0.05) is 47.5 Å². The van der Waals surface area contributed by atoms with Crippen LogP contribution in [0.4, 0.5) is 0 Å². The number of nitrogens with one attached hydrogen (secondary N) is 3. The average Bonchev–Trinajstić information content (AvgIpc) is 3.42. The van der Waals surface area contributed by atoms with Crippen molar-refractivity contribution in [3.63, 3.8) is 0 Å². The van der Waals surface area contributed by atoms with E-state index in [-0.39, 0.29) is 18.4 Å². The second kappa shape index (κ2) is 9.95. The Morgan fingerprint density at radius 1 is 1.29 bits per heavy atom. The molecule has 3 aromatic rings. The Kier molecular flexibility index (Phi) is 7.18. The molecule has 2 heterocycles.